The summed E-state index contributed by atoms with van der Waals surface area (Å²) in [5.41, 5.74) is 2.27. The predicted molar refractivity (Wildman–Crippen MR) is 81.0 cm³/mol. The van der Waals surface area contributed by atoms with Gasteiger partial charge in [-0.1, -0.05) is 29.8 Å². The summed E-state index contributed by atoms with van der Waals surface area (Å²) < 4.78 is 1.69. The van der Waals surface area contributed by atoms with Crippen LogP contribution < -0.4 is 0 Å². The van der Waals surface area contributed by atoms with Gasteiger partial charge in [0.25, 0.3) is 0 Å². The minimum absolute atomic E-state index is 0.192. The quantitative estimate of drug-likeness (QED) is 0.798. The lowest BCUT2D eigenvalue weighted by Crippen LogP contribution is -2.04. The van der Waals surface area contributed by atoms with Gasteiger partial charge in [-0.15, -0.1) is 0 Å². The lowest BCUT2D eigenvalue weighted by Gasteiger charge is -2.10. The van der Waals surface area contributed by atoms with Crippen molar-refractivity contribution in [2.24, 2.45) is 0 Å². The number of carboxylic acids is 1. The van der Waals surface area contributed by atoms with Gasteiger partial charge in [0.05, 0.1) is 23.1 Å². The van der Waals surface area contributed by atoms with Crippen LogP contribution in [0.15, 0.2) is 60.8 Å². The van der Waals surface area contributed by atoms with E-state index in [4.69, 9.17) is 11.6 Å². The van der Waals surface area contributed by atoms with Gasteiger partial charge in [-0.3, -0.25) is 0 Å². The normalized spacial score (nSPS) is 10.5. The number of hydrogen-bond acceptors (Lipinski definition) is 2. The zero-order valence-corrected chi connectivity index (χ0v) is 11.7. The maximum absolute atomic E-state index is 11.4. The van der Waals surface area contributed by atoms with E-state index in [0.717, 1.165) is 5.69 Å². The molecule has 0 aliphatic rings. The van der Waals surface area contributed by atoms with Crippen LogP contribution in [0.25, 0.3) is 16.9 Å². The van der Waals surface area contributed by atoms with Gasteiger partial charge in [0.15, 0.2) is 0 Å². The fourth-order valence-electron chi connectivity index (χ4n) is 2.20. The SMILES string of the molecule is O=C(O)c1ccc(Cl)cc1-c1ccnn1-c1ccccc1. The maximum atomic E-state index is 11.4. The third-order valence-corrected chi connectivity index (χ3v) is 3.37. The number of carboxylic acid groups (broad SMARTS) is 1. The van der Waals surface area contributed by atoms with Gasteiger partial charge >= 0.3 is 5.97 Å². The highest BCUT2D eigenvalue weighted by Crippen LogP contribution is 2.28. The number of benzene rings is 2. The smallest absolute Gasteiger partial charge is 0.336 e. The largest absolute Gasteiger partial charge is 0.478 e. The van der Waals surface area contributed by atoms with Crippen LogP contribution in [0.3, 0.4) is 0 Å². The Labute approximate surface area is 126 Å². The van der Waals surface area contributed by atoms with E-state index in [1.165, 1.54) is 6.07 Å². The number of hydrogen-bond donors (Lipinski definition) is 1. The van der Waals surface area contributed by atoms with Crippen LogP contribution in [-0.4, -0.2) is 20.9 Å². The van der Waals surface area contributed by atoms with Crippen LogP contribution in [0.2, 0.25) is 5.02 Å². The van der Waals surface area contributed by atoms with Crippen molar-refractivity contribution in [1.29, 1.82) is 0 Å². The summed E-state index contributed by atoms with van der Waals surface area (Å²) in [6.45, 7) is 0. The summed E-state index contributed by atoms with van der Waals surface area (Å²) in [5, 5.41) is 14.1. The molecule has 0 saturated carbocycles. The first kappa shape index (κ1) is 13.4. The summed E-state index contributed by atoms with van der Waals surface area (Å²) in [6.07, 6.45) is 1.63. The number of halogens is 1. The molecule has 4 nitrogen and oxygen atoms in total. The lowest BCUT2D eigenvalue weighted by molar-refractivity contribution is 0.0697. The van der Waals surface area contributed by atoms with Crippen molar-refractivity contribution in [3.05, 3.63) is 71.4 Å². The number of aromatic nitrogens is 2. The zero-order valence-electron chi connectivity index (χ0n) is 10.9. The van der Waals surface area contributed by atoms with Gasteiger partial charge in [-0.2, -0.15) is 5.10 Å². The molecule has 3 aromatic rings. The second-order valence-electron chi connectivity index (χ2n) is 4.46. The molecule has 0 amide bonds. The van der Waals surface area contributed by atoms with Gasteiger partial charge in [0, 0.05) is 10.6 Å². The van der Waals surface area contributed by atoms with Crippen LogP contribution in [-0.2, 0) is 0 Å². The standard InChI is InChI=1S/C16H11ClN2O2/c17-11-6-7-13(16(20)21)14(10-11)15-8-9-18-19(15)12-4-2-1-3-5-12/h1-10H,(H,20,21). The Balaban J connectivity index is 2.21. The van der Waals surface area contributed by atoms with Crippen molar-refractivity contribution in [1.82, 2.24) is 9.78 Å². The fourth-order valence-corrected chi connectivity index (χ4v) is 2.37. The van der Waals surface area contributed by atoms with Crippen molar-refractivity contribution in [3.8, 4) is 16.9 Å². The van der Waals surface area contributed by atoms with E-state index >= 15 is 0 Å². The second kappa shape index (κ2) is 5.42. The van der Waals surface area contributed by atoms with E-state index in [9.17, 15) is 9.90 Å². The van der Waals surface area contributed by atoms with Gasteiger partial charge in [0.1, 0.15) is 0 Å². The Morgan fingerprint density at radius 1 is 1.10 bits per heavy atom. The van der Waals surface area contributed by atoms with Crippen molar-refractivity contribution < 1.29 is 9.90 Å². The number of para-hydroxylation sites is 1. The molecule has 1 heterocycles. The summed E-state index contributed by atoms with van der Waals surface area (Å²) >= 11 is 6.01. The topological polar surface area (TPSA) is 55.1 Å². The Hall–Kier alpha value is -2.59. The molecule has 0 fully saturated rings. The highest BCUT2D eigenvalue weighted by Gasteiger charge is 2.16. The van der Waals surface area contributed by atoms with Gasteiger partial charge in [-0.05, 0) is 36.4 Å². The molecule has 0 radical (unpaired) electrons. The Kier molecular flexibility index (Phi) is 3.46. The number of carbonyl (C=O) groups is 1. The average Bonchev–Trinajstić information content (AvgIpc) is 2.97. The Morgan fingerprint density at radius 3 is 2.57 bits per heavy atom. The third kappa shape index (κ3) is 2.53. The maximum Gasteiger partial charge on any atom is 0.336 e. The third-order valence-electron chi connectivity index (χ3n) is 3.13. The monoisotopic (exact) mass is 298 g/mol. The van der Waals surface area contributed by atoms with Crippen LogP contribution in [0, 0.1) is 0 Å². The molecule has 0 atom stereocenters. The summed E-state index contributed by atoms with van der Waals surface area (Å²) in [4.78, 5) is 11.4. The zero-order chi connectivity index (χ0) is 14.8. The van der Waals surface area contributed by atoms with Crippen molar-refractivity contribution in [2.45, 2.75) is 0 Å². The Morgan fingerprint density at radius 2 is 1.86 bits per heavy atom. The van der Waals surface area contributed by atoms with E-state index in [1.807, 2.05) is 30.3 Å². The van der Waals surface area contributed by atoms with Gasteiger partial charge in [0.2, 0.25) is 0 Å². The van der Waals surface area contributed by atoms with E-state index in [1.54, 1.807) is 29.1 Å². The number of nitrogens with zero attached hydrogens (tertiary/aromatic N) is 2. The highest BCUT2D eigenvalue weighted by atomic mass is 35.5. The molecule has 0 aliphatic heterocycles. The van der Waals surface area contributed by atoms with Crippen molar-refractivity contribution in [3.63, 3.8) is 0 Å². The molecule has 5 heteroatoms. The number of rotatable bonds is 3. The van der Waals surface area contributed by atoms with Gasteiger partial charge in [-0.25, -0.2) is 9.48 Å². The molecule has 0 bridgehead atoms. The molecule has 2 aromatic carbocycles. The Bertz CT molecular complexity index is 797. The molecular formula is C16H11ClN2O2. The lowest BCUT2D eigenvalue weighted by atomic mass is 10.0. The first-order chi connectivity index (χ1) is 10.2. The highest BCUT2D eigenvalue weighted by molar-refractivity contribution is 6.31. The van der Waals surface area contributed by atoms with E-state index in [0.29, 0.717) is 16.3 Å². The predicted octanol–water partition coefficient (Wildman–Crippen LogP) is 3.89. The average molecular weight is 299 g/mol. The molecule has 104 valence electrons. The molecule has 0 aliphatic carbocycles. The van der Waals surface area contributed by atoms with E-state index < -0.39 is 5.97 Å². The minimum Gasteiger partial charge on any atom is -0.478 e. The first-order valence-corrected chi connectivity index (χ1v) is 6.67. The van der Waals surface area contributed by atoms with Crippen LogP contribution in [0.4, 0.5) is 0 Å². The first-order valence-electron chi connectivity index (χ1n) is 6.29. The molecule has 1 N–H and O–H groups in total. The van der Waals surface area contributed by atoms with Crippen LogP contribution >= 0.6 is 11.6 Å². The summed E-state index contributed by atoms with van der Waals surface area (Å²) in [5.74, 6) is -0.998. The van der Waals surface area contributed by atoms with Gasteiger partial charge < -0.3 is 5.11 Å². The minimum atomic E-state index is -0.998. The molecule has 3 rings (SSSR count). The second-order valence-corrected chi connectivity index (χ2v) is 4.90. The van der Waals surface area contributed by atoms with Crippen LogP contribution in [0.5, 0.6) is 0 Å². The van der Waals surface area contributed by atoms with E-state index in [2.05, 4.69) is 5.10 Å². The molecule has 21 heavy (non-hydrogen) atoms. The van der Waals surface area contributed by atoms with Crippen molar-refractivity contribution >= 4 is 17.6 Å². The summed E-state index contributed by atoms with van der Waals surface area (Å²) in [7, 11) is 0. The summed E-state index contributed by atoms with van der Waals surface area (Å²) in [6, 6.07) is 16.0. The van der Waals surface area contributed by atoms with Crippen molar-refractivity contribution in [2.75, 3.05) is 0 Å². The van der Waals surface area contributed by atoms with E-state index in [-0.39, 0.29) is 5.56 Å². The molecule has 1 aromatic heterocycles. The fraction of sp³-hybridized carbons (Fsp3) is 0. The molecule has 0 spiro atoms. The molecule has 0 saturated heterocycles. The van der Waals surface area contributed by atoms with Crippen LogP contribution in [0.1, 0.15) is 10.4 Å². The number of aromatic carboxylic acids is 1. The molecule has 0 unspecified atom stereocenters. The molecular weight excluding hydrogens is 288 g/mol.